The predicted molar refractivity (Wildman–Crippen MR) is 244 cm³/mol. The van der Waals surface area contributed by atoms with Crippen LogP contribution in [-0.4, -0.2) is 94.5 Å². The molecule has 4 rings (SSSR count). The van der Waals surface area contributed by atoms with Gasteiger partial charge < -0.3 is 49.6 Å². The van der Waals surface area contributed by atoms with Crippen LogP contribution in [0.15, 0.2) is 55.1 Å². The molecule has 360 valence electrons. The SMILES string of the molecule is C=Cc1cc(C(=O)Cc2ccc(C(=N)CC(=O)OC(C)OC(=O)[C@@H](NC(=O)OC(C)(C)C)C(C)C)cc2)c(-c2ccc(C(=O)NCC3CC3)nc2C(=O)OC(C)OC(=O)OC(C)C)cc1CO. The van der Waals surface area contributed by atoms with E-state index in [-0.39, 0.29) is 46.1 Å². The number of carbonyl (C=O) groups excluding carboxylic acids is 7. The zero-order valence-electron chi connectivity index (χ0n) is 39.3. The molecule has 18 heteroatoms. The molecule has 3 atom stereocenters. The summed E-state index contributed by atoms with van der Waals surface area (Å²) in [6.07, 6.45) is -2.43. The van der Waals surface area contributed by atoms with Gasteiger partial charge in [-0.05, 0) is 111 Å². The maximum Gasteiger partial charge on any atom is 0.511 e. The minimum atomic E-state index is -1.44. The van der Waals surface area contributed by atoms with E-state index in [1.54, 1.807) is 72.7 Å². The van der Waals surface area contributed by atoms with Crippen LogP contribution in [0, 0.1) is 17.2 Å². The molecule has 0 aliphatic heterocycles. The van der Waals surface area contributed by atoms with E-state index in [4.69, 9.17) is 33.8 Å². The van der Waals surface area contributed by atoms with Gasteiger partial charge >= 0.3 is 30.2 Å². The van der Waals surface area contributed by atoms with Gasteiger partial charge in [-0.1, -0.05) is 50.8 Å². The number of hydrogen-bond donors (Lipinski definition) is 4. The van der Waals surface area contributed by atoms with E-state index in [0.717, 1.165) is 12.8 Å². The number of nitrogens with one attached hydrogen (secondary N) is 3. The molecule has 3 aromatic rings. The van der Waals surface area contributed by atoms with Gasteiger partial charge in [0.1, 0.15) is 17.3 Å². The van der Waals surface area contributed by atoms with Crippen molar-refractivity contribution in [2.24, 2.45) is 11.8 Å². The number of hydrogen-bond acceptors (Lipinski definition) is 16. The minimum absolute atomic E-state index is 0.0753. The quantitative estimate of drug-likeness (QED) is 0.0270. The molecule has 0 bridgehead atoms. The lowest BCUT2D eigenvalue weighted by Crippen LogP contribution is -2.48. The van der Waals surface area contributed by atoms with Gasteiger partial charge in [-0.15, -0.1) is 0 Å². The number of rotatable bonds is 21. The molecule has 0 saturated heterocycles. The summed E-state index contributed by atoms with van der Waals surface area (Å²) in [7, 11) is 0. The molecule has 1 fully saturated rings. The van der Waals surface area contributed by atoms with Crippen LogP contribution in [-0.2, 0) is 51.0 Å². The van der Waals surface area contributed by atoms with Crippen LogP contribution >= 0.6 is 0 Å². The Balaban J connectivity index is 1.53. The van der Waals surface area contributed by atoms with Gasteiger partial charge in [0.15, 0.2) is 11.5 Å². The molecule has 2 amide bonds. The van der Waals surface area contributed by atoms with E-state index in [2.05, 4.69) is 22.2 Å². The second-order valence-corrected chi connectivity index (χ2v) is 17.5. The Kier molecular flexibility index (Phi) is 18.5. The first-order valence-corrected chi connectivity index (χ1v) is 21.9. The van der Waals surface area contributed by atoms with Crippen LogP contribution in [0.1, 0.15) is 135 Å². The van der Waals surface area contributed by atoms with Crippen molar-refractivity contribution in [2.45, 2.75) is 125 Å². The third kappa shape index (κ3) is 16.2. The second kappa shape index (κ2) is 23.5. The fourth-order valence-electron chi connectivity index (χ4n) is 6.41. The Bertz CT molecular complexity index is 2350. The molecular weight excluding hydrogens is 869 g/mol. The number of Topliss-reactive ketones (excluding diaryl/α,β-unsaturated/α-hetero) is 1. The smallest absolute Gasteiger partial charge is 0.444 e. The Labute approximate surface area is 389 Å². The molecule has 4 N–H and O–H groups in total. The molecule has 2 unspecified atom stereocenters. The lowest BCUT2D eigenvalue weighted by molar-refractivity contribution is -0.185. The van der Waals surface area contributed by atoms with E-state index in [0.29, 0.717) is 34.7 Å². The lowest BCUT2D eigenvalue weighted by Gasteiger charge is -2.25. The summed E-state index contributed by atoms with van der Waals surface area (Å²) in [5, 5.41) is 24.1. The maximum atomic E-state index is 14.3. The number of ether oxygens (including phenoxy) is 6. The van der Waals surface area contributed by atoms with Crippen LogP contribution in [0.3, 0.4) is 0 Å². The molecule has 1 heterocycles. The summed E-state index contributed by atoms with van der Waals surface area (Å²) in [6.45, 7) is 18.0. The fraction of sp³-hybridized carbons (Fsp3) is 0.449. The average molecular weight is 929 g/mol. The van der Waals surface area contributed by atoms with Crippen molar-refractivity contribution in [3.63, 3.8) is 0 Å². The van der Waals surface area contributed by atoms with Crippen LogP contribution in [0.5, 0.6) is 0 Å². The number of alkyl carbamates (subject to hydrolysis) is 1. The van der Waals surface area contributed by atoms with Crippen molar-refractivity contribution in [2.75, 3.05) is 6.54 Å². The number of aliphatic hydroxyl groups excluding tert-OH is 1. The van der Waals surface area contributed by atoms with E-state index in [1.807, 2.05) is 0 Å². The zero-order valence-corrected chi connectivity index (χ0v) is 39.3. The van der Waals surface area contributed by atoms with Crippen molar-refractivity contribution < 1.29 is 67.1 Å². The summed E-state index contributed by atoms with van der Waals surface area (Å²) in [6, 6.07) is 11.1. The average Bonchev–Trinajstić information content (AvgIpc) is 4.07. The Hall–Kier alpha value is -6.95. The number of esters is 3. The second-order valence-electron chi connectivity index (χ2n) is 17.5. The highest BCUT2D eigenvalue weighted by atomic mass is 16.8. The molecule has 2 aromatic carbocycles. The Morgan fingerprint density at radius 2 is 1.52 bits per heavy atom. The normalized spacial score (nSPS) is 13.6. The summed E-state index contributed by atoms with van der Waals surface area (Å²) < 4.78 is 31.2. The largest absolute Gasteiger partial charge is 0.511 e. The van der Waals surface area contributed by atoms with Gasteiger partial charge in [0.25, 0.3) is 5.91 Å². The van der Waals surface area contributed by atoms with Crippen molar-refractivity contribution in [3.05, 3.63) is 94.3 Å². The third-order valence-corrected chi connectivity index (χ3v) is 9.86. The number of aromatic nitrogens is 1. The van der Waals surface area contributed by atoms with Crippen molar-refractivity contribution in [1.82, 2.24) is 15.6 Å². The first-order valence-electron chi connectivity index (χ1n) is 21.9. The summed E-state index contributed by atoms with van der Waals surface area (Å²) >= 11 is 0. The zero-order chi connectivity index (χ0) is 49.7. The van der Waals surface area contributed by atoms with Gasteiger partial charge in [-0.25, -0.2) is 24.2 Å². The van der Waals surface area contributed by atoms with Gasteiger partial charge in [0, 0.05) is 43.7 Å². The highest BCUT2D eigenvalue weighted by Crippen LogP contribution is 2.33. The number of benzene rings is 2. The Morgan fingerprint density at radius 3 is 2.10 bits per heavy atom. The van der Waals surface area contributed by atoms with Crippen LogP contribution in [0.2, 0.25) is 0 Å². The van der Waals surface area contributed by atoms with E-state index in [9.17, 15) is 38.7 Å². The highest BCUT2D eigenvalue weighted by Gasteiger charge is 2.31. The van der Waals surface area contributed by atoms with Crippen molar-refractivity contribution in [3.8, 4) is 11.1 Å². The molecule has 1 saturated carbocycles. The highest BCUT2D eigenvalue weighted by molar-refractivity contribution is 6.09. The number of pyridine rings is 1. The number of aliphatic hydroxyl groups is 1. The molecule has 1 aliphatic rings. The molecule has 0 spiro atoms. The van der Waals surface area contributed by atoms with E-state index >= 15 is 0 Å². The predicted octanol–water partition coefficient (Wildman–Crippen LogP) is 7.25. The van der Waals surface area contributed by atoms with Gasteiger partial charge in [-0.3, -0.25) is 14.4 Å². The maximum absolute atomic E-state index is 14.3. The number of ketones is 1. The standard InChI is InChI=1S/C49H60N4O14/c1-11-32-21-37(36(22-34(32)25-54)35-18-19-39(44(57)51-24-31-12-13-31)52-43(35)46(59)65-29(7)66-48(61)62-27(4)5)40(55)20-30-14-16-33(17-15-30)38(50)23-41(56)63-28(6)64-45(58)42(26(2)3)53-47(60)67-49(8,9)10/h11,14-19,21-22,26-29,31,42,50,54H,1,12-13,20,23-25H2,2-10H3,(H,51,57)(H,53,60)/t28?,29?,42-/m0/s1. The van der Waals surface area contributed by atoms with Crippen molar-refractivity contribution in [1.29, 1.82) is 5.41 Å². The summed E-state index contributed by atoms with van der Waals surface area (Å²) in [5.74, 6) is -3.79. The van der Waals surface area contributed by atoms with Crippen LogP contribution < -0.4 is 10.6 Å². The molecule has 0 radical (unpaired) electrons. The number of nitrogens with zero attached hydrogens (tertiary/aromatic N) is 1. The summed E-state index contributed by atoms with van der Waals surface area (Å²) in [4.78, 5) is 95.7. The molecule has 67 heavy (non-hydrogen) atoms. The first kappa shape index (κ1) is 52.7. The van der Waals surface area contributed by atoms with Crippen LogP contribution in [0.4, 0.5) is 9.59 Å². The van der Waals surface area contributed by atoms with E-state index < -0.39 is 85.2 Å². The van der Waals surface area contributed by atoms with Crippen molar-refractivity contribution >= 4 is 53.6 Å². The topological polar surface area (TPSA) is 256 Å². The van der Waals surface area contributed by atoms with Gasteiger partial charge in [0.2, 0.25) is 12.6 Å². The molecular formula is C49H60N4O14. The lowest BCUT2D eigenvalue weighted by atomic mass is 9.89. The third-order valence-electron chi connectivity index (χ3n) is 9.86. The fourth-order valence-corrected chi connectivity index (χ4v) is 6.41. The first-order chi connectivity index (χ1) is 31.5. The monoisotopic (exact) mass is 928 g/mol. The minimum Gasteiger partial charge on any atom is -0.444 e. The van der Waals surface area contributed by atoms with Gasteiger partial charge in [0.05, 0.1) is 19.1 Å². The van der Waals surface area contributed by atoms with Crippen LogP contribution in [0.25, 0.3) is 17.2 Å². The Morgan fingerprint density at radius 1 is 0.866 bits per heavy atom. The van der Waals surface area contributed by atoms with Gasteiger partial charge in [-0.2, -0.15) is 0 Å². The molecule has 1 aliphatic carbocycles. The number of amides is 2. The molecule has 18 nitrogen and oxygen atoms in total. The van der Waals surface area contributed by atoms with E-state index in [1.165, 1.54) is 44.2 Å². The summed E-state index contributed by atoms with van der Waals surface area (Å²) in [5.41, 5.74) is 0.603. The molecule has 1 aromatic heterocycles. The number of carbonyl (C=O) groups is 7.